The molecule has 0 heterocycles. The molecule has 9 atom stereocenters. The van der Waals surface area contributed by atoms with Crippen LogP contribution in [0.2, 0.25) is 0 Å². The molecule has 0 aromatic heterocycles. The molecule has 7 nitrogen and oxygen atoms in total. The molecule has 4 fully saturated rings. The Morgan fingerprint density at radius 1 is 0.886 bits per heavy atom. The maximum atomic E-state index is 13.1. The van der Waals surface area contributed by atoms with Gasteiger partial charge in [-0.2, -0.15) is 0 Å². The van der Waals surface area contributed by atoms with Gasteiger partial charge in [-0.05, 0) is 127 Å². The number of carboxylic acids is 1. The fourth-order valence-electron chi connectivity index (χ4n) is 11.8. The molecular weight excluding hydrogens is 550 g/mol. The topological polar surface area (TPSA) is 98.7 Å². The van der Waals surface area contributed by atoms with E-state index in [-0.39, 0.29) is 40.3 Å². The van der Waals surface area contributed by atoms with Crippen molar-refractivity contribution in [1.82, 2.24) is 15.5 Å². The smallest absolute Gasteiger partial charge is 0.335 e. The molecule has 0 bridgehead atoms. The van der Waals surface area contributed by atoms with Gasteiger partial charge in [0, 0.05) is 19.6 Å². The molecule has 5 aliphatic carbocycles. The third-order valence-electron chi connectivity index (χ3n) is 14.3. The number of fused-ring (bicyclic) bond motifs is 7. The Morgan fingerprint density at radius 2 is 1.61 bits per heavy atom. The first-order valence-electron chi connectivity index (χ1n) is 17.1. The van der Waals surface area contributed by atoms with Gasteiger partial charge >= 0.3 is 12.0 Å². The number of aromatic carboxylic acids is 1. The summed E-state index contributed by atoms with van der Waals surface area (Å²) in [6, 6.07) is 7.29. The van der Waals surface area contributed by atoms with Crippen LogP contribution in [0.5, 0.6) is 0 Å². The van der Waals surface area contributed by atoms with Gasteiger partial charge in [-0.1, -0.05) is 52.3 Å². The number of urea groups is 1. The Balaban J connectivity index is 1.23. The van der Waals surface area contributed by atoms with Crippen LogP contribution in [-0.4, -0.2) is 54.1 Å². The Kier molecular flexibility index (Phi) is 7.73. The highest BCUT2D eigenvalue weighted by atomic mass is 16.4. The number of benzene rings is 1. The zero-order valence-electron chi connectivity index (χ0n) is 27.7. The van der Waals surface area contributed by atoms with Crippen LogP contribution in [0.3, 0.4) is 0 Å². The Labute approximate surface area is 263 Å². The second-order valence-corrected chi connectivity index (χ2v) is 16.0. The Bertz CT molecular complexity index is 1350. The van der Waals surface area contributed by atoms with E-state index in [1.807, 2.05) is 12.1 Å². The highest BCUT2D eigenvalue weighted by Crippen LogP contribution is 2.75. The number of carboxylic acid groups (broad SMARTS) is 1. The average molecular weight is 604 g/mol. The molecule has 7 heteroatoms. The second-order valence-electron chi connectivity index (χ2n) is 16.0. The van der Waals surface area contributed by atoms with Crippen molar-refractivity contribution in [2.75, 3.05) is 20.6 Å². The van der Waals surface area contributed by atoms with Crippen molar-refractivity contribution in [2.45, 2.75) is 97.4 Å². The molecule has 0 aliphatic heterocycles. The fraction of sp³-hybridized carbons (Fsp3) is 0.703. The van der Waals surface area contributed by atoms with E-state index >= 15 is 0 Å². The van der Waals surface area contributed by atoms with Crippen molar-refractivity contribution in [1.29, 1.82) is 0 Å². The molecule has 3 N–H and O–H groups in total. The van der Waals surface area contributed by atoms with Crippen LogP contribution in [-0.2, 0) is 4.79 Å². The first kappa shape index (κ1) is 31.2. The van der Waals surface area contributed by atoms with E-state index in [1.54, 1.807) is 26.2 Å². The van der Waals surface area contributed by atoms with E-state index < -0.39 is 5.97 Å². The van der Waals surface area contributed by atoms with Gasteiger partial charge < -0.3 is 20.6 Å². The molecule has 0 saturated heterocycles. The first-order valence-corrected chi connectivity index (χ1v) is 17.1. The van der Waals surface area contributed by atoms with Crippen LogP contribution in [0, 0.1) is 45.8 Å². The SMILES string of the molecule is CC1C(c2ccc(C(=O)O)cc2)=CCC2(C)C1CCC1(C)C2CCC2C3CCCC3(NC(=O)NCC(=O)N(C)C)CC[C@]21C. The molecule has 6 rings (SSSR count). The van der Waals surface area contributed by atoms with Crippen molar-refractivity contribution < 1.29 is 19.5 Å². The normalized spacial score (nSPS) is 40.8. The summed E-state index contributed by atoms with van der Waals surface area (Å²) in [6.45, 7) is 10.3. The van der Waals surface area contributed by atoms with E-state index in [2.05, 4.69) is 44.4 Å². The highest BCUT2D eigenvalue weighted by molar-refractivity contribution is 5.88. The summed E-state index contributed by atoms with van der Waals surface area (Å²) < 4.78 is 0. The standard InChI is InChI=1S/C37H53N3O4/c1-23-26(24-9-11-25(12-10-24)32(42)43)15-18-34(2)27(23)16-19-36(4)30(34)14-13-28-29-8-7-17-37(29,21-20-35(28,36)3)39-33(44)38-22-31(41)40(5)6/h9-12,15,23,27-30H,7-8,13-14,16-22H2,1-6H3,(H,42,43)(H2,38,39,44)/t23?,27?,28?,29?,30?,34?,35-,36?,37?/m1/s1. The number of nitrogens with one attached hydrogen (secondary N) is 2. The van der Waals surface area contributed by atoms with E-state index in [0.29, 0.717) is 35.2 Å². The summed E-state index contributed by atoms with van der Waals surface area (Å²) in [4.78, 5) is 38.1. The predicted octanol–water partition coefficient (Wildman–Crippen LogP) is 6.98. The second kappa shape index (κ2) is 10.9. The largest absolute Gasteiger partial charge is 0.478 e. The van der Waals surface area contributed by atoms with Crippen molar-refractivity contribution in [3.63, 3.8) is 0 Å². The summed E-state index contributed by atoms with van der Waals surface area (Å²) in [5.41, 5.74) is 3.47. The summed E-state index contributed by atoms with van der Waals surface area (Å²) in [5.74, 6) is 1.83. The molecule has 0 spiro atoms. The van der Waals surface area contributed by atoms with Crippen molar-refractivity contribution >= 4 is 23.5 Å². The molecular formula is C37H53N3O4. The lowest BCUT2D eigenvalue weighted by Crippen LogP contribution is -2.67. The minimum atomic E-state index is -0.876. The number of allylic oxidation sites excluding steroid dienone is 2. The minimum absolute atomic E-state index is 0.0302. The van der Waals surface area contributed by atoms with Crippen LogP contribution in [0.25, 0.3) is 5.57 Å². The number of hydrogen-bond donors (Lipinski definition) is 3. The van der Waals surface area contributed by atoms with Gasteiger partial charge in [0.2, 0.25) is 5.91 Å². The van der Waals surface area contributed by atoms with Gasteiger partial charge in [0.1, 0.15) is 0 Å². The fourth-order valence-corrected chi connectivity index (χ4v) is 11.8. The lowest BCUT2D eigenvalue weighted by Gasteiger charge is -2.71. The zero-order chi connectivity index (χ0) is 31.7. The number of likely N-dealkylation sites (N-methyl/N-ethyl adjacent to an activating group) is 1. The van der Waals surface area contributed by atoms with Crippen LogP contribution in [0.4, 0.5) is 4.79 Å². The molecule has 5 aliphatic rings. The summed E-state index contributed by atoms with van der Waals surface area (Å²) in [7, 11) is 3.43. The van der Waals surface area contributed by atoms with Gasteiger partial charge in [0.05, 0.1) is 12.1 Å². The van der Waals surface area contributed by atoms with Gasteiger partial charge in [-0.3, -0.25) is 4.79 Å². The summed E-state index contributed by atoms with van der Waals surface area (Å²) in [5, 5.41) is 15.7. The number of nitrogens with zero attached hydrogens (tertiary/aromatic N) is 1. The van der Waals surface area contributed by atoms with Gasteiger partial charge in [0.25, 0.3) is 0 Å². The van der Waals surface area contributed by atoms with Crippen LogP contribution < -0.4 is 10.6 Å². The average Bonchev–Trinajstić information content (AvgIpc) is 3.40. The van der Waals surface area contributed by atoms with E-state index in [0.717, 1.165) is 32.1 Å². The number of amides is 3. The maximum Gasteiger partial charge on any atom is 0.335 e. The van der Waals surface area contributed by atoms with Gasteiger partial charge in [-0.25, -0.2) is 9.59 Å². The summed E-state index contributed by atoms with van der Waals surface area (Å²) >= 11 is 0. The van der Waals surface area contributed by atoms with Crippen LogP contribution in [0.1, 0.15) is 108 Å². The van der Waals surface area contributed by atoms with Crippen molar-refractivity contribution in [3.05, 3.63) is 41.5 Å². The zero-order valence-corrected chi connectivity index (χ0v) is 27.7. The molecule has 4 saturated carbocycles. The highest BCUT2D eigenvalue weighted by Gasteiger charge is 2.68. The molecule has 8 unspecified atom stereocenters. The van der Waals surface area contributed by atoms with Crippen molar-refractivity contribution in [2.24, 2.45) is 45.8 Å². The lowest BCUT2D eigenvalue weighted by molar-refractivity contribution is -0.210. The lowest BCUT2D eigenvalue weighted by atomic mass is 9.34. The number of carbonyl (C=O) groups excluding carboxylic acids is 2. The molecule has 3 amide bonds. The summed E-state index contributed by atoms with van der Waals surface area (Å²) in [6.07, 6.45) is 14.1. The van der Waals surface area contributed by atoms with E-state index in [4.69, 9.17) is 0 Å². The monoisotopic (exact) mass is 603 g/mol. The number of hydrogen-bond acceptors (Lipinski definition) is 3. The number of rotatable bonds is 5. The van der Waals surface area contributed by atoms with E-state index in [9.17, 15) is 19.5 Å². The molecule has 1 aromatic carbocycles. The minimum Gasteiger partial charge on any atom is -0.478 e. The third-order valence-corrected chi connectivity index (χ3v) is 14.3. The van der Waals surface area contributed by atoms with Gasteiger partial charge in [0.15, 0.2) is 0 Å². The molecule has 1 aromatic rings. The van der Waals surface area contributed by atoms with Crippen molar-refractivity contribution in [3.8, 4) is 0 Å². The predicted molar refractivity (Wildman–Crippen MR) is 173 cm³/mol. The molecule has 0 radical (unpaired) electrons. The maximum absolute atomic E-state index is 13.1. The molecule has 44 heavy (non-hydrogen) atoms. The van der Waals surface area contributed by atoms with Gasteiger partial charge in [-0.15, -0.1) is 0 Å². The number of carbonyl (C=O) groups is 3. The Hall–Kier alpha value is -2.83. The first-order chi connectivity index (χ1) is 20.8. The Morgan fingerprint density at radius 3 is 2.30 bits per heavy atom. The van der Waals surface area contributed by atoms with Crippen LogP contribution in [0.15, 0.2) is 30.3 Å². The molecule has 240 valence electrons. The third kappa shape index (κ3) is 4.62. The quantitative estimate of drug-likeness (QED) is 0.338. The van der Waals surface area contributed by atoms with E-state index in [1.165, 1.54) is 48.1 Å². The van der Waals surface area contributed by atoms with Crippen LogP contribution >= 0.6 is 0 Å².